The highest BCUT2D eigenvalue weighted by molar-refractivity contribution is 5.95. The number of ether oxygens (including phenoxy) is 2. The van der Waals surface area contributed by atoms with Gasteiger partial charge in [0.15, 0.2) is 11.5 Å². The van der Waals surface area contributed by atoms with Gasteiger partial charge in [-0.15, -0.1) is 0 Å². The molecule has 4 N–H and O–H groups in total. The van der Waals surface area contributed by atoms with Gasteiger partial charge in [0.05, 0.1) is 5.60 Å². The number of fused-ring (bicyclic) bond motifs is 1. The van der Waals surface area contributed by atoms with Gasteiger partial charge in [0.2, 0.25) is 6.79 Å². The molecule has 0 aliphatic carbocycles. The van der Waals surface area contributed by atoms with Crippen molar-refractivity contribution in [2.45, 2.75) is 26.0 Å². The second kappa shape index (κ2) is 6.05. The second-order valence-corrected chi connectivity index (χ2v) is 6.23. The maximum atomic E-state index is 12.3. The third kappa shape index (κ3) is 3.28. The molecule has 0 saturated carbocycles. The molecule has 126 valence electrons. The summed E-state index contributed by atoms with van der Waals surface area (Å²) in [6.07, 6.45) is 0. The highest BCUT2D eigenvalue weighted by Gasteiger charge is 2.20. The first-order chi connectivity index (χ1) is 11.3. The van der Waals surface area contributed by atoms with Crippen LogP contribution in [0.15, 0.2) is 36.4 Å². The summed E-state index contributed by atoms with van der Waals surface area (Å²) in [5.74, 6) is 1.15. The topological polar surface area (TPSA) is 93.8 Å². The van der Waals surface area contributed by atoms with E-state index in [1.54, 1.807) is 32.0 Å². The Morgan fingerprint density at radius 3 is 2.67 bits per heavy atom. The number of anilines is 1. The fraction of sp³-hybridized carbons (Fsp3) is 0.278. The van der Waals surface area contributed by atoms with E-state index in [0.717, 1.165) is 5.56 Å². The summed E-state index contributed by atoms with van der Waals surface area (Å²) < 4.78 is 10.6. The maximum Gasteiger partial charge on any atom is 0.251 e. The van der Waals surface area contributed by atoms with Crippen LogP contribution in [-0.2, 0) is 12.1 Å². The summed E-state index contributed by atoms with van der Waals surface area (Å²) in [6, 6.07) is 10.4. The highest BCUT2D eigenvalue weighted by atomic mass is 16.7. The minimum absolute atomic E-state index is 0.220. The standard InChI is InChI=1S/C18H20N2O4/c1-18(2,22)13-5-4-12(8-14(13)19)17(21)20-9-11-3-6-15-16(7-11)24-10-23-15/h3-8,22H,9-10,19H2,1-2H3,(H,20,21). The van der Waals surface area contributed by atoms with E-state index in [4.69, 9.17) is 15.2 Å². The van der Waals surface area contributed by atoms with E-state index in [2.05, 4.69) is 5.32 Å². The van der Waals surface area contributed by atoms with Crippen LogP contribution in [0, 0.1) is 0 Å². The Morgan fingerprint density at radius 1 is 1.21 bits per heavy atom. The molecule has 0 aromatic heterocycles. The number of carbonyl (C=O) groups is 1. The molecule has 3 rings (SSSR count). The van der Waals surface area contributed by atoms with Gasteiger partial charge in [-0.1, -0.05) is 12.1 Å². The van der Waals surface area contributed by atoms with Crippen molar-refractivity contribution in [1.29, 1.82) is 0 Å². The van der Waals surface area contributed by atoms with Crippen LogP contribution in [0.3, 0.4) is 0 Å². The smallest absolute Gasteiger partial charge is 0.251 e. The summed E-state index contributed by atoms with van der Waals surface area (Å²) in [5.41, 5.74) is 7.23. The quantitative estimate of drug-likeness (QED) is 0.748. The molecule has 0 fully saturated rings. The first-order valence-electron chi connectivity index (χ1n) is 7.64. The van der Waals surface area contributed by atoms with E-state index in [0.29, 0.717) is 34.9 Å². The summed E-state index contributed by atoms with van der Waals surface area (Å²) in [5, 5.41) is 12.9. The van der Waals surface area contributed by atoms with Crippen LogP contribution in [0.25, 0.3) is 0 Å². The Labute approximate surface area is 140 Å². The van der Waals surface area contributed by atoms with Crippen molar-refractivity contribution in [3.05, 3.63) is 53.1 Å². The summed E-state index contributed by atoms with van der Waals surface area (Å²) in [4.78, 5) is 12.3. The Hall–Kier alpha value is -2.73. The molecule has 0 radical (unpaired) electrons. The van der Waals surface area contributed by atoms with Crippen LogP contribution in [0.5, 0.6) is 11.5 Å². The zero-order valence-corrected chi connectivity index (χ0v) is 13.6. The summed E-state index contributed by atoms with van der Waals surface area (Å²) in [6.45, 7) is 3.89. The van der Waals surface area contributed by atoms with Crippen LogP contribution in [0.1, 0.15) is 35.3 Å². The van der Waals surface area contributed by atoms with Crippen molar-refractivity contribution in [2.75, 3.05) is 12.5 Å². The zero-order valence-electron chi connectivity index (χ0n) is 13.6. The van der Waals surface area contributed by atoms with Gasteiger partial charge in [-0.05, 0) is 43.7 Å². The molecule has 0 atom stereocenters. The molecule has 0 bridgehead atoms. The van der Waals surface area contributed by atoms with Gasteiger partial charge in [-0.2, -0.15) is 0 Å². The molecule has 0 spiro atoms. The molecule has 6 heteroatoms. The van der Waals surface area contributed by atoms with Crippen molar-refractivity contribution < 1.29 is 19.4 Å². The van der Waals surface area contributed by atoms with E-state index < -0.39 is 5.60 Å². The average molecular weight is 328 g/mol. The number of rotatable bonds is 4. The van der Waals surface area contributed by atoms with E-state index in [9.17, 15) is 9.90 Å². The van der Waals surface area contributed by atoms with Gasteiger partial charge in [0, 0.05) is 23.4 Å². The van der Waals surface area contributed by atoms with E-state index in [1.165, 1.54) is 0 Å². The van der Waals surface area contributed by atoms with E-state index in [1.807, 2.05) is 18.2 Å². The van der Waals surface area contributed by atoms with Gasteiger partial charge in [-0.3, -0.25) is 4.79 Å². The minimum atomic E-state index is -1.05. The molecular formula is C18H20N2O4. The monoisotopic (exact) mass is 328 g/mol. The van der Waals surface area contributed by atoms with Gasteiger partial charge in [0.25, 0.3) is 5.91 Å². The van der Waals surface area contributed by atoms with Crippen LogP contribution < -0.4 is 20.5 Å². The molecule has 2 aromatic carbocycles. The number of nitrogen functional groups attached to an aromatic ring is 1. The molecule has 1 heterocycles. The zero-order chi connectivity index (χ0) is 17.3. The Balaban J connectivity index is 1.68. The van der Waals surface area contributed by atoms with Gasteiger partial charge < -0.3 is 25.6 Å². The second-order valence-electron chi connectivity index (χ2n) is 6.23. The molecule has 1 aliphatic rings. The Bertz CT molecular complexity index is 781. The number of amides is 1. The van der Waals surface area contributed by atoms with Gasteiger partial charge in [0.1, 0.15) is 0 Å². The molecule has 0 saturated heterocycles. The number of hydrogen-bond donors (Lipinski definition) is 3. The lowest BCUT2D eigenvalue weighted by Gasteiger charge is -2.20. The maximum absolute atomic E-state index is 12.3. The van der Waals surface area contributed by atoms with Gasteiger partial charge >= 0.3 is 0 Å². The predicted molar refractivity (Wildman–Crippen MR) is 89.8 cm³/mol. The molecule has 6 nitrogen and oxygen atoms in total. The SMILES string of the molecule is CC(C)(O)c1ccc(C(=O)NCc2ccc3c(c2)OCO3)cc1N. The van der Waals surface area contributed by atoms with Crippen molar-refractivity contribution in [3.8, 4) is 11.5 Å². The van der Waals surface area contributed by atoms with Crippen molar-refractivity contribution >= 4 is 11.6 Å². The van der Waals surface area contributed by atoms with Crippen LogP contribution in [0.4, 0.5) is 5.69 Å². The summed E-state index contributed by atoms with van der Waals surface area (Å²) >= 11 is 0. The molecule has 24 heavy (non-hydrogen) atoms. The first-order valence-corrected chi connectivity index (χ1v) is 7.64. The number of hydrogen-bond acceptors (Lipinski definition) is 5. The molecule has 0 unspecified atom stereocenters. The predicted octanol–water partition coefficient (Wildman–Crippen LogP) is 2.15. The number of aliphatic hydroxyl groups is 1. The molecule has 1 amide bonds. The van der Waals surface area contributed by atoms with E-state index in [-0.39, 0.29) is 12.7 Å². The van der Waals surface area contributed by atoms with Crippen LogP contribution >= 0.6 is 0 Å². The van der Waals surface area contributed by atoms with Crippen molar-refractivity contribution in [2.24, 2.45) is 0 Å². The molecule has 1 aliphatic heterocycles. The normalized spacial score (nSPS) is 13.0. The average Bonchev–Trinajstić information content (AvgIpc) is 2.98. The van der Waals surface area contributed by atoms with E-state index >= 15 is 0 Å². The van der Waals surface area contributed by atoms with Crippen LogP contribution in [0.2, 0.25) is 0 Å². The lowest BCUT2D eigenvalue weighted by molar-refractivity contribution is 0.0792. The molecule has 2 aromatic rings. The largest absolute Gasteiger partial charge is 0.454 e. The van der Waals surface area contributed by atoms with Crippen molar-refractivity contribution in [3.63, 3.8) is 0 Å². The van der Waals surface area contributed by atoms with Gasteiger partial charge in [-0.25, -0.2) is 0 Å². The number of carbonyl (C=O) groups excluding carboxylic acids is 1. The number of nitrogens with one attached hydrogen (secondary N) is 1. The third-order valence-electron chi connectivity index (χ3n) is 3.86. The highest BCUT2D eigenvalue weighted by Crippen LogP contribution is 2.32. The lowest BCUT2D eigenvalue weighted by Crippen LogP contribution is -2.24. The number of nitrogens with two attached hydrogens (primary N) is 1. The summed E-state index contributed by atoms with van der Waals surface area (Å²) in [7, 11) is 0. The first kappa shape index (κ1) is 16.1. The third-order valence-corrected chi connectivity index (χ3v) is 3.86. The fourth-order valence-electron chi connectivity index (χ4n) is 2.60. The molecular weight excluding hydrogens is 308 g/mol. The lowest BCUT2D eigenvalue weighted by atomic mass is 9.95. The van der Waals surface area contributed by atoms with Crippen LogP contribution in [-0.4, -0.2) is 17.8 Å². The Morgan fingerprint density at radius 2 is 1.96 bits per heavy atom. The Kier molecular flexibility index (Phi) is 4.07. The number of benzene rings is 2. The fourth-order valence-corrected chi connectivity index (χ4v) is 2.60. The van der Waals surface area contributed by atoms with Crippen molar-refractivity contribution in [1.82, 2.24) is 5.32 Å². The minimum Gasteiger partial charge on any atom is -0.454 e.